The van der Waals surface area contributed by atoms with E-state index in [0.717, 1.165) is 91.4 Å². The Morgan fingerprint density at radius 2 is 1.58 bits per heavy atom. The number of morpholine rings is 2. The summed E-state index contributed by atoms with van der Waals surface area (Å²) in [5.74, 6) is 2.37. The molecule has 0 amide bonds. The Bertz CT molecular complexity index is 1280. The number of aromatic nitrogens is 3. The highest BCUT2D eigenvalue weighted by atomic mass is 16.5. The molecule has 1 aromatic carbocycles. The Labute approximate surface area is 210 Å². The van der Waals surface area contributed by atoms with E-state index < -0.39 is 0 Å². The third kappa shape index (κ3) is 3.86. The van der Waals surface area contributed by atoms with E-state index in [1.165, 1.54) is 0 Å². The largest absolute Gasteiger partial charge is 0.496 e. The van der Waals surface area contributed by atoms with E-state index >= 15 is 0 Å². The second-order valence-electron chi connectivity index (χ2n) is 10.3. The van der Waals surface area contributed by atoms with Crippen LogP contribution in [0.2, 0.25) is 0 Å². The monoisotopic (exact) mass is 489 g/mol. The first-order valence-corrected chi connectivity index (χ1v) is 12.9. The summed E-state index contributed by atoms with van der Waals surface area (Å²) in [5.41, 5.74) is 3.32. The summed E-state index contributed by atoms with van der Waals surface area (Å²) in [5, 5.41) is 10.8. The minimum atomic E-state index is -0.0974. The minimum Gasteiger partial charge on any atom is -0.496 e. The molecule has 7 rings (SSSR count). The van der Waals surface area contributed by atoms with Crippen LogP contribution in [0.1, 0.15) is 31.2 Å². The molecule has 4 aliphatic heterocycles. The molecule has 4 fully saturated rings. The van der Waals surface area contributed by atoms with Gasteiger partial charge < -0.3 is 29.1 Å². The fraction of sp³-hybridized carbons (Fsp3) is 0.519. The summed E-state index contributed by atoms with van der Waals surface area (Å²) in [6, 6.07) is 7.80. The van der Waals surface area contributed by atoms with Crippen LogP contribution in [0.15, 0.2) is 30.5 Å². The van der Waals surface area contributed by atoms with Crippen molar-refractivity contribution in [1.29, 1.82) is 0 Å². The molecule has 1 N–H and O–H groups in total. The second-order valence-corrected chi connectivity index (χ2v) is 10.3. The molecule has 0 aliphatic carbocycles. The van der Waals surface area contributed by atoms with Crippen LogP contribution in [0.3, 0.4) is 0 Å². The van der Waals surface area contributed by atoms with Gasteiger partial charge in [-0.3, -0.25) is 4.98 Å². The third-order valence-electron chi connectivity index (χ3n) is 7.97. The predicted molar refractivity (Wildman–Crippen MR) is 135 cm³/mol. The molecule has 36 heavy (non-hydrogen) atoms. The first kappa shape index (κ1) is 22.2. The normalized spacial score (nSPS) is 27.2. The molecule has 9 heteroatoms. The Morgan fingerprint density at radius 3 is 2.22 bits per heavy atom. The quantitative estimate of drug-likeness (QED) is 0.581. The van der Waals surface area contributed by atoms with E-state index in [1.807, 2.05) is 30.5 Å². The smallest absolute Gasteiger partial charge is 0.228 e. The van der Waals surface area contributed by atoms with Crippen LogP contribution in [-0.2, 0) is 16.1 Å². The van der Waals surface area contributed by atoms with Crippen LogP contribution in [-0.4, -0.2) is 77.8 Å². The molecule has 2 aromatic heterocycles. The molecule has 4 atom stereocenters. The van der Waals surface area contributed by atoms with Gasteiger partial charge in [0.2, 0.25) is 5.95 Å². The number of hydrogen-bond acceptors (Lipinski definition) is 9. The lowest BCUT2D eigenvalue weighted by Crippen LogP contribution is -2.45. The van der Waals surface area contributed by atoms with E-state index in [9.17, 15) is 5.11 Å². The molecule has 3 aromatic rings. The van der Waals surface area contributed by atoms with Crippen LogP contribution in [0.4, 0.5) is 11.8 Å². The highest BCUT2D eigenvalue weighted by Crippen LogP contribution is 2.36. The van der Waals surface area contributed by atoms with Crippen molar-refractivity contribution in [3.05, 3.63) is 36.0 Å². The van der Waals surface area contributed by atoms with Crippen LogP contribution >= 0.6 is 0 Å². The summed E-state index contributed by atoms with van der Waals surface area (Å²) in [6.07, 6.45) is 7.37. The van der Waals surface area contributed by atoms with Crippen molar-refractivity contribution >= 4 is 22.7 Å². The zero-order valence-electron chi connectivity index (χ0n) is 20.5. The molecule has 4 unspecified atom stereocenters. The van der Waals surface area contributed by atoms with Crippen molar-refractivity contribution in [3.63, 3.8) is 0 Å². The molecular weight excluding hydrogens is 458 g/mol. The first-order chi connectivity index (χ1) is 17.7. The summed E-state index contributed by atoms with van der Waals surface area (Å²) in [6.45, 7) is 3.24. The van der Waals surface area contributed by atoms with Gasteiger partial charge in [0, 0.05) is 43.5 Å². The molecule has 9 nitrogen and oxygen atoms in total. The van der Waals surface area contributed by atoms with Crippen molar-refractivity contribution in [1.82, 2.24) is 15.0 Å². The molecule has 4 bridgehead atoms. The Hall–Kier alpha value is -3.01. The standard InChI is InChI=1S/C27H31N5O4/c1-34-25-7-2-16(8-17(25)15-33)23-9-24-22(10-28-23)26(31-11-18-3-4-19(12-31)35-18)30-27(29-24)32-13-20-5-6-21(14-32)36-20/h2,7-10,18-21,33H,3-6,11-15H2,1H3. The number of aliphatic hydroxyl groups is 1. The van der Waals surface area contributed by atoms with Gasteiger partial charge >= 0.3 is 0 Å². The lowest BCUT2D eigenvalue weighted by atomic mass is 10.1. The van der Waals surface area contributed by atoms with E-state index in [0.29, 0.717) is 5.75 Å². The third-order valence-corrected chi connectivity index (χ3v) is 7.97. The molecule has 188 valence electrons. The Morgan fingerprint density at radius 1 is 0.917 bits per heavy atom. The molecule has 0 spiro atoms. The average molecular weight is 490 g/mol. The molecule has 4 saturated heterocycles. The second kappa shape index (κ2) is 8.83. The minimum absolute atomic E-state index is 0.0974. The summed E-state index contributed by atoms with van der Waals surface area (Å²) in [4.78, 5) is 19.6. The van der Waals surface area contributed by atoms with Gasteiger partial charge in [-0.05, 0) is 49.9 Å². The Balaban J connectivity index is 1.32. The van der Waals surface area contributed by atoms with Crippen LogP contribution < -0.4 is 14.5 Å². The number of hydrogen-bond donors (Lipinski definition) is 1. The number of methoxy groups -OCH3 is 1. The van der Waals surface area contributed by atoms with Crippen molar-refractivity contribution in [2.45, 2.75) is 56.7 Å². The lowest BCUT2D eigenvalue weighted by Gasteiger charge is -2.35. The van der Waals surface area contributed by atoms with Gasteiger partial charge in [-0.25, -0.2) is 4.98 Å². The van der Waals surface area contributed by atoms with E-state index in [4.69, 9.17) is 29.2 Å². The SMILES string of the molecule is COc1ccc(-c2cc3nc(N4CC5CCC(C4)O5)nc(N4CC5CCC(C4)O5)c3cn2)cc1CO. The number of rotatable bonds is 5. The van der Waals surface area contributed by atoms with E-state index in [1.54, 1.807) is 7.11 Å². The van der Waals surface area contributed by atoms with Gasteiger partial charge in [-0.2, -0.15) is 4.98 Å². The molecular formula is C27H31N5O4. The highest BCUT2D eigenvalue weighted by molar-refractivity contribution is 5.92. The molecule has 4 aliphatic rings. The maximum atomic E-state index is 9.80. The fourth-order valence-electron chi connectivity index (χ4n) is 6.16. The first-order valence-electron chi connectivity index (χ1n) is 12.9. The maximum absolute atomic E-state index is 9.80. The van der Waals surface area contributed by atoms with Gasteiger partial charge in [-0.1, -0.05) is 0 Å². The number of anilines is 2. The van der Waals surface area contributed by atoms with E-state index in [-0.39, 0.29) is 31.0 Å². The zero-order valence-corrected chi connectivity index (χ0v) is 20.5. The number of fused-ring (bicyclic) bond motifs is 5. The number of pyridine rings is 1. The van der Waals surface area contributed by atoms with Crippen molar-refractivity contribution in [2.24, 2.45) is 0 Å². The van der Waals surface area contributed by atoms with Gasteiger partial charge in [0.25, 0.3) is 0 Å². The number of nitrogens with zero attached hydrogens (tertiary/aromatic N) is 5. The fourth-order valence-corrected chi connectivity index (χ4v) is 6.16. The molecule has 0 radical (unpaired) electrons. The maximum Gasteiger partial charge on any atom is 0.228 e. The van der Waals surface area contributed by atoms with Crippen LogP contribution in [0.5, 0.6) is 5.75 Å². The predicted octanol–water partition coefficient (Wildman–Crippen LogP) is 2.93. The van der Waals surface area contributed by atoms with Crippen LogP contribution in [0.25, 0.3) is 22.2 Å². The summed E-state index contributed by atoms with van der Waals surface area (Å²) >= 11 is 0. The molecule has 0 saturated carbocycles. The number of benzene rings is 1. The van der Waals surface area contributed by atoms with Crippen molar-refractivity contribution in [3.8, 4) is 17.0 Å². The average Bonchev–Trinajstić information content (AvgIpc) is 3.45. The van der Waals surface area contributed by atoms with Gasteiger partial charge in [0.05, 0.1) is 54.7 Å². The molecule has 6 heterocycles. The highest BCUT2D eigenvalue weighted by Gasteiger charge is 2.37. The topological polar surface area (TPSA) is 93.1 Å². The van der Waals surface area contributed by atoms with Gasteiger partial charge in [0.1, 0.15) is 11.6 Å². The van der Waals surface area contributed by atoms with E-state index in [2.05, 4.69) is 9.80 Å². The lowest BCUT2D eigenvalue weighted by molar-refractivity contribution is 0.0296. The Kier molecular flexibility index (Phi) is 5.45. The zero-order chi connectivity index (χ0) is 24.2. The summed E-state index contributed by atoms with van der Waals surface area (Å²) < 4.78 is 17.6. The van der Waals surface area contributed by atoms with Crippen LogP contribution in [0, 0.1) is 0 Å². The van der Waals surface area contributed by atoms with Crippen molar-refractivity contribution in [2.75, 3.05) is 43.1 Å². The van der Waals surface area contributed by atoms with Gasteiger partial charge in [0.15, 0.2) is 0 Å². The number of aliphatic hydroxyl groups excluding tert-OH is 1. The number of ether oxygens (including phenoxy) is 3. The van der Waals surface area contributed by atoms with Gasteiger partial charge in [-0.15, -0.1) is 0 Å². The summed E-state index contributed by atoms with van der Waals surface area (Å²) in [7, 11) is 1.61. The van der Waals surface area contributed by atoms with Crippen molar-refractivity contribution < 1.29 is 19.3 Å².